The monoisotopic (exact) mass is 588 g/mol. The van der Waals surface area contributed by atoms with Crippen LogP contribution in [0, 0.1) is 0 Å². The largest absolute Gasteiger partial charge is 0.459 e. The van der Waals surface area contributed by atoms with Gasteiger partial charge in [0.1, 0.15) is 5.75 Å². The van der Waals surface area contributed by atoms with Gasteiger partial charge in [0, 0.05) is 22.0 Å². The summed E-state index contributed by atoms with van der Waals surface area (Å²) in [4.78, 5) is 43.5. The molecule has 0 saturated heterocycles. The molecule has 4 rings (SSSR count). The van der Waals surface area contributed by atoms with E-state index in [1.54, 1.807) is 69.3 Å². The van der Waals surface area contributed by atoms with E-state index < -0.39 is 18.0 Å². The highest BCUT2D eigenvalue weighted by atomic mass is 79.9. The number of carbonyl (C=O) groups excluding carboxylic acids is 2. The van der Waals surface area contributed by atoms with E-state index in [1.165, 1.54) is 22.8 Å². The van der Waals surface area contributed by atoms with Gasteiger partial charge >= 0.3 is 11.9 Å². The Morgan fingerprint density at radius 1 is 1.19 bits per heavy atom. The minimum Gasteiger partial charge on any atom is -0.459 e. The average molecular weight is 590 g/mol. The average Bonchev–Trinajstić information content (AvgIpc) is 3.09. The van der Waals surface area contributed by atoms with Gasteiger partial charge in [0.15, 0.2) is 4.80 Å². The molecule has 1 atom stereocenters. The molecule has 0 saturated carbocycles. The van der Waals surface area contributed by atoms with Crippen molar-refractivity contribution in [2.45, 2.75) is 39.8 Å². The number of esters is 2. The molecule has 0 fully saturated rings. The van der Waals surface area contributed by atoms with E-state index >= 15 is 0 Å². The van der Waals surface area contributed by atoms with Crippen LogP contribution in [-0.4, -0.2) is 22.6 Å². The minimum atomic E-state index is -0.748. The van der Waals surface area contributed by atoms with Gasteiger partial charge < -0.3 is 9.47 Å². The lowest BCUT2D eigenvalue weighted by molar-refractivity contribution is -0.143. The van der Waals surface area contributed by atoms with Crippen LogP contribution in [0.2, 0.25) is 5.02 Å². The Kier molecular flexibility index (Phi) is 7.63. The van der Waals surface area contributed by atoms with Crippen LogP contribution in [0.15, 0.2) is 68.0 Å². The third-order valence-electron chi connectivity index (χ3n) is 5.28. The summed E-state index contributed by atoms with van der Waals surface area (Å²) in [6, 6.07) is 11.4. The number of carbonyl (C=O) groups is 2. The summed E-state index contributed by atoms with van der Waals surface area (Å²) in [5.41, 5.74) is 1.66. The van der Waals surface area contributed by atoms with Crippen molar-refractivity contribution in [3.8, 4) is 5.75 Å². The quantitative estimate of drug-likeness (QED) is 0.323. The number of halogens is 2. The standard InChI is InChI=1S/C26H22BrClN2O5S/c1-13(2)34-25(33)22-14(3)29-26-30(23(22)16-5-8-19(28)9-6-16)24(32)21(36-26)12-17-11-18(27)7-10-20(17)35-15(4)31/h5-13,23H,1-4H3/b21-12+/t23-/m0/s1. The minimum absolute atomic E-state index is 0.285. The van der Waals surface area contributed by atoms with Crippen LogP contribution >= 0.6 is 38.9 Å². The molecule has 7 nitrogen and oxygen atoms in total. The van der Waals surface area contributed by atoms with Gasteiger partial charge in [0.25, 0.3) is 5.56 Å². The van der Waals surface area contributed by atoms with Gasteiger partial charge in [-0.2, -0.15) is 0 Å². The molecule has 0 aliphatic carbocycles. The van der Waals surface area contributed by atoms with Crippen molar-refractivity contribution in [2.24, 2.45) is 4.99 Å². The first-order valence-corrected chi connectivity index (χ1v) is 13.0. The highest BCUT2D eigenvalue weighted by molar-refractivity contribution is 9.10. The van der Waals surface area contributed by atoms with Gasteiger partial charge in [0.2, 0.25) is 0 Å². The van der Waals surface area contributed by atoms with Gasteiger partial charge in [-0.3, -0.25) is 14.2 Å². The van der Waals surface area contributed by atoms with E-state index in [0.717, 1.165) is 4.47 Å². The molecule has 2 aromatic carbocycles. The third-order valence-corrected chi connectivity index (χ3v) is 7.01. The predicted molar refractivity (Wildman–Crippen MR) is 142 cm³/mol. The fourth-order valence-electron chi connectivity index (χ4n) is 3.84. The Labute approximate surface area is 224 Å². The zero-order chi connectivity index (χ0) is 26.1. The Morgan fingerprint density at radius 2 is 1.89 bits per heavy atom. The number of nitrogens with zero attached hydrogens (tertiary/aromatic N) is 2. The fraction of sp³-hybridized carbons (Fsp3) is 0.231. The number of rotatable bonds is 5. The van der Waals surface area contributed by atoms with Crippen LogP contribution in [0.1, 0.15) is 44.9 Å². The van der Waals surface area contributed by atoms with Crippen molar-refractivity contribution >= 4 is 56.9 Å². The first-order chi connectivity index (χ1) is 17.0. The van der Waals surface area contributed by atoms with Gasteiger partial charge in [-0.1, -0.05) is 51.0 Å². The molecule has 1 aliphatic rings. The van der Waals surface area contributed by atoms with E-state index in [1.807, 2.05) is 0 Å². The van der Waals surface area contributed by atoms with Gasteiger partial charge in [-0.15, -0.1) is 0 Å². The highest BCUT2D eigenvalue weighted by Crippen LogP contribution is 2.31. The molecule has 3 aromatic rings. The van der Waals surface area contributed by atoms with E-state index in [0.29, 0.717) is 36.9 Å². The molecule has 0 unspecified atom stereocenters. The van der Waals surface area contributed by atoms with Crippen molar-refractivity contribution in [3.63, 3.8) is 0 Å². The number of fused-ring (bicyclic) bond motifs is 1. The molecular formula is C26H22BrClN2O5S. The predicted octanol–water partition coefficient (Wildman–Crippen LogP) is 4.53. The number of ether oxygens (including phenoxy) is 2. The fourth-order valence-corrected chi connectivity index (χ4v) is 5.38. The van der Waals surface area contributed by atoms with E-state index in [9.17, 15) is 14.4 Å². The summed E-state index contributed by atoms with van der Waals surface area (Å²) in [6.07, 6.45) is 1.31. The molecule has 186 valence electrons. The summed E-state index contributed by atoms with van der Waals surface area (Å²) in [6.45, 7) is 6.56. The lowest BCUT2D eigenvalue weighted by atomic mass is 9.96. The van der Waals surface area contributed by atoms with Crippen LogP contribution in [0.25, 0.3) is 6.08 Å². The first kappa shape index (κ1) is 26.1. The number of aromatic nitrogens is 1. The number of hydrogen-bond acceptors (Lipinski definition) is 7. The number of benzene rings is 2. The van der Waals surface area contributed by atoms with Crippen molar-refractivity contribution in [1.82, 2.24) is 4.57 Å². The van der Waals surface area contributed by atoms with E-state index in [4.69, 9.17) is 21.1 Å². The molecule has 1 aromatic heterocycles. The summed E-state index contributed by atoms with van der Waals surface area (Å²) < 4.78 is 13.4. The van der Waals surface area contributed by atoms with Crippen LogP contribution in [0.5, 0.6) is 5.75 Å². The maximum absolute atomic E-state index is 13.7. The normalized spacial score (nSPS) is 15.5. The lowest BCUT2D eigenvalue weighted by Crippen LogP contribution is -2.40. The van der Waals surface area contributed by atoms with Crippen LogP contribution in [0.3, 0.4) is 0 Å². The first-order valence-electron chi connectivity index (χ1n) is 11.0. The van der Waals surface area contributed by atoms with Gasteiger partial charge in [-0.05, 0) is 62.7 Å². The van der Waals surface area contributed by atoms with Crippen LogP contribution < -0.4 is 19.6 Å². The van der Waals surface area contributed by atoms with Gasteiger partial charge in [0.05, 0.1) is 27.9 Å². The third kappa shape index (κ3) is 5.38. The van der Waals surface area contributed by atoms with Gasteiger partial charge in [-0.25, -0.2) is 9.79 Å². The second-order valence-corrected chi connectivity index (χ2v) is 10.7. The molecule has 36 heavy (non-hydrogen) atoms. The number of allylic oxidation sites excluding steroid dienone is 1. The summed E-state index contributed by atoms with van der Waals surface area (Å²) in [5.74, 6) is -0.687. The maximum Gasteiger partial charge on any atom is 0.338 e. The summed E-state index contributed by atoms with van der Waals surface area (Å²) in [5, 5.41) is 0.533. The Balaban J connectivity index is 1.95. The summed E-state index contributed by atoms with van der Waals surface area (Å²) >= 11 is 10.7. The molecule has 0 radical (unpaired) electrons. The van der Waals surface area contributed by atoms with Crippen molar-refractivity contribution < 1.29 is 19.1 Å². The molecule has 10 heteroatoms. The van der Waals surface area contributed by atoms with Crippen molar-refractivity contribution in [1.29, 1.82) is 0 Å². The Bertz CT molecular complexity index is 1570. The summed E-state index contributed by atoms with van der Waals surface area (Å²) in [7, 11) is 0. The molecule has 0 N–H and O–H groups in total. The Hall–Kier alpha value is -3.01. The maximum atomic E-state index is 13.7. The van der Waals surface area contributed by atoms with Crippen LogP contribution in [-0.2, 0) is 14.3 Å². The molecule has 2 heterocycles. The van der Waals surface area contributed by atoms with Crippen LogP contribution in [0.4, 0.5) is 0 Å². The molecule has 1 aliphatic heterocycles. The van der Waals surface area contributed by atoms with Crippen molar-refractivity contribution in [3.05, 3.63) is 94.0 Å². The van der Waals surface area contributed by atoms with Crippen molar-refractivity contribution in [2.75, 3.05) is 0 Å². The zero-order valence-electron chi connectivity index (χ0n) is 19.9. The molecule has 0 amide bonds. The highest BCUT2D eigenvalue weighted by Gasteiger charge is 2.33. The zero-order valence-corrected chi connectivity index (χ0v) is 23.0. The van der Waals surface area contributed by atoms with E-state index in [2.05, 4.69) is 20.9 Å². The molecule has 0 spiro atoms. The number of hydrogen-bond donors (Lipinski definition) is 0. The Morgan fingerprint density at radius 3 is 2.53 bits per heavy atom. The molecule has 0 bridgehead atoms. The SMILES string of the molecule is CC(=O)Oc1ccc(Br)cc1/C=c1/sc2n(c1=O)[C@@H](c1ccc(Cl)cc1)C(C(=O)OC(C)C)=C(C)N=2. The smallest absolute Gasteiger partial charge is 0.338 e. The van der Waals surface area contributed by atoms with E-state index in [-0.39, 0.29) is 17.2 Å². The molecular weight excluding hydrogens is 568 g/mol. The lowest BCUT2D eigenvalue weighted by Gasteiger charge is -2.25. The second-order valence-electron chi connectivity index (χ2n) is 8.36. The topological polar surface area (TPSA) is 87.0 Å². The number of thiazole rings is 1. The second kappa shape index (κ2) is 10.5.